The molecule has 0 aliphatic heterocycles. The number of rotatable bonds is 6. The molecule has 1 atom stereocenters. The van der Waals surface area contributed by atoms with Crippen LogP contribution >= 0.6 is 0 Å². The summed E-state index contributed by atoms with van der Waals surface area (Å²) in [5, 5.41) is 2.26. The smallest absolute Gasteiger partial charge is 0.246 e. The third kappa shape index (κ3) is 4.85. The topological polar surface area (TPSA) is 72.5 Å². The summed E-state index contributed by atoms with van der Waals surface area (Å²) in [5.41, 5.74) is 1.54. The van der Waals surface area contributed by atoms with Gasteiger partial charge in [0.25, 0.3) is 0 Å². The Labute approximate surface area is 111 Å². The van der Waals surface area contributed by atoms with E-state index in [-0.39, 0.29) is 5.78 Å². The summed E-state index contributed by atoms with van der Waals surface area (Å²) < 4.78 is 4.66. The van der Waals surface area contributed by atoms with Gasteiger partial charge in [-0.25, -0.2) is 0 Å². The molecule has 1 rings (SSSR count). The molecule has 0 fully saturated rings. The van der Waals surface area contributed by atoms with Crippen LogP contribution in [0, 0.1) is 6.92 Å². The molecular formula is C14H15NO4. The highest BCUT2D eigenvalue weighted by Gasteiger charge is 2.07. The van der Waals surface area contributed by atoms with Crippen molar-refractivity contribution in [2.75, 3.05) is 7.11 Å². The molecule has 0 saturated heterocycles. The van der Waals surface area contributed by atoms with E-state index in [9.17, 15) is 14.4 Å². The molecule has 5 heteroatoms. The van der Waals surface area contributed by atoms with E-state index in [1.54, 1.807) is 12.1 Å². The van der Waals surface area contributed by atoms with Gasteiger partial charge in [-0.2, -0.15) is 0 Å². The van der Waals surface area contributed by atoms with E-state index in [1.807, 2.05) is 19.1 Å². The van der Waals surface area contributed by atoms with Crippen molar-refractivity contribution in [2.45, 2.75) is 13.2 Å². The number of ketones is 1. The van der Waals surface area contributed by atoms with Gasteiger partial charge in [0.1, 0.15) is 0 Å². The minimum absolute atomic E-state index is 0.282. The number of nitrogens with one attached hydrogen (secondary N) is 1. The van der Waals surface area contributed by atoms with Gasteiger partial charge in [-0.05, 0) is 13.0 Å². The van der Waals surface area contributed by atoms with Crippen LogP contribution in [0.15, 0.2) is 36.4 Å². The summed E-state index contributed by atoms with van der Waals surface area (Å²) in [6.07, 6.45) is 1.66. The number of allylic oxidation sites excluding steroid dienone is 1. The van der Waals surface area contributed by atoms with Gasteiger partial charge in [0.15, 0.2) is 18.3 Å². The predicted octanol–water partition coefficient (Wildman–Crippen LogP) is 1.02. The summed E-state index contributed by atoms with van der Waals surface area (Å²) in [6, 6.07) is 7.00. The number of amides is 1. The summed E-state index contributed by atoms with van der Waals surface area (Å²) in [5.74, 6) is -0.852. The average molecular weight is 261 g/mol. The molecule has 0 aromatic heterocycles. The van der Waals surface area contributed by atoms with Crippen molar-refractivity contribution in [3.8, 4) is 0 Å². The van der Waals surface area contributed by atoms with Crippen molar-refractivity contribution in [2.24, 2.45) is 0 Å². The van der Waals surface area contributed by atoms with E-state index in [0.717, 1.165) is 17.7 Å². The molecule has 0 spiro atoms. The lowest BCUT2D eigenvalue weighted by Crippen LogP contribution is -2.36. The second-order valence-corrected chi connectivity index (χ2v) is 3.86. The second-order valence-electron chi connectivity index (χ2n) is 3.86. The summed E-state index contributed by atoms with van der Waals surface area (Å²) in [4.78, 5) is 33.5. The number of aldehydes is 1. The van der Waals surface area contributed by atoms with Crippen LogP contribution < -0.4 is 5.32 Å². The zero-order valence-corrected chi connectivity index (χ0v) is 10.8. The lowest BCUT2D eigenvalue weighted by atomic mass is 10.1. The Morgan fingerprint density at radius 3 is 2.37 bits per heavy atom. The van der Waals surface area contributed by atoms with Crippen LogP contribution in [-0.2, 0) is 14.3 Å². The van der Waals surface area contributed by atoms with E-state index >= 15 is 0 Å². The minimum Gasteiger partial charge on any atom is -0.355 e. The van der Waals surface area contributed by atoms with Crippen molar-refractivity contribution in [3.63, 3.8) is 0 Å². The fourth-order valence-electron chi connectivity index (χ4n) is 1.30. The number of methoxy groups -OCH3 is 1. The predicted molar refractivity (Wildman–Crippen MR) is 69.7 cm³/mol. The third-order valence-corrected chi connectivity index (χ3v) is 2.38. The van der Waals surface area contributed by atoms with E-state index in [0.29, 0.717) is 11.8 Å². The molecule has 19 heavy (non-hydrogen) atoms. The van der Waals surface area contributed by atoms with E-state index < -0.39 is 12.1 Å². The maximum Gasteiger partial charge on any atom is 0.246 e. The molecule has 0 saturated carbocycles. The van der Waals surface area contributed by atoms with Gasteiger partial charge < -0.3 is 10.1 Å². The van der Waals surface area contributed by atoms with Gasteiger partial charge in [0.05, 0.1) is 0 Å². The Bertz CT molecular complexity index is 491. The number of ether oxygens (including phenoxy) is 1. The van der Waals surface area contributed by atoms with Crippen molar-refractivity contribution in [1.82, 2.24) is 5.32 Å². The van der Waals surface area contributed by atoms with Crippen LogP contribution in [0.4, 0.5) is 0 Å². The molecule has 1 N–H and O–H groups in total. The van der Waals surface area contributed by atoms with Gasteiger partial charge in [0.2, 0.25) is 5.91 Å². The largest absolute Gasteiger partial charge is 0.355 e. The second kappa shape index (κ2) is 7.23. The molecule has 0 radical (unpaired) electrons. The zero-order chi connectivity index (χ0) is 14.3. The maximum atomic E-state index is 11.7. The maximum absolute atomic E-state index is 11.7. The average Bonchev–Trinajstić information content (AvgIpc) is 2.43. The number of aryl methyl sites for hydroxylation is 1. The van der Waals surface area contributed by atoms with E-state index in [4.69, 9.17) is 0 Å². The Balaban J connectivity index is 2.61. The minimum atomic E-state index is -1.01. The van der Waals surface area contributed by atoms with E-state index in [2.05, 4.69) is 10.1 Å². The first kappa shape index (κ1) is 14.8. The number of benzene rings is 1. The zero-order valence-electron chi connectivity index (χ0n) is 10.8. The molecule has 1 aromatic rings. The monoisotopic (exact) mass is 261 g/mol. The number of carbonyl (C=O) groups is 3. The van der Waals surface area contributed by atoms with Gasteiger partial charge in [0, 0.05) is 18.7 Å². The highest BCUT2D eigenvalue weighted by Crippen LogP contribution is 2.04. The molecular weight excluding hydrogens is 246 g/mol. The van der Waals surface area contributed by atoms with Crippen LogP contribution in [0.1, 0.15) is 15.9 Å². The molecule has 100 valence electrons. The lowest BCUT2D eigenvalue weighted by molar-refractivity contribution is -0.127. The Hall–Kier alpha value is -2.27. The highest BCUT2D eigenvalue weighted by molar-refractivity contribution is 6.07. The Morgan fingerprint density at radius 1 is 1.21 bits per heavy atom. The first-order valence-electron chi connectivity index (χ1n) is 5.64. The standard InChI is InChI=1S/C14H15NO4/c1-10-3-5-11(6-4-10)12(17)7-8-13(18)15-14(9-16)19-2/h3-9,14H,1-2H3,(H,15,18)/b8-7+. The molecule has 1 amide bonds. The first-order chi connectivity index (χ1) is 9.06. The lowest BCUT2D eigenvalue weighted by Gasteiger charge is -2.07. The molecule has 1 unspecified atom stereocenters. The Kier molecular flexibility index (Phi) is 5.63. The molecule has 0 heterocycles. The summed E-state index contributed by atoms with van der Waals surface area (Å²) >= 11 is 0. The quantitative estimate of drug-likeness (QED) is 0.359. The highest BCUT2D eigenvalue weighted by atomic mass is 16.5. The summed E-state index contributed by atoms with van der Waals surface area (Å²) in [6.45, 7) is 1.92. The van der Waals surface area contributed by atoms with Crippen LogP contribution in [0.25, 0.3) is 0 Å². The molecule has 0 bridgehead atoms. The van der Waals surface area contributed by atoms with Gasteiger partial charge in [-0.3, -0.25) is 14.4 Å². The summed E-state index contributed by atoms with van der Waals surface area (Å²) in [7, 11) is 1.29. The number of carbonyl (C=O) groups excluding carboxylic acids is 3. The van der Waals surface area contributed by atoms with Crippen LogP contribution in [-0.4, -0.2) is 31.3 Å². The normalized spacial score (nSPS) is 12.1. The van der Waals surface area contributed by atoms with Gasteiger partial charge in [-0.15, -0.1) is 0 Å². The SMILES string of the molecule is COC(C=O)NC(=O)/C=C/C(=O)c1ccc(C)cc1. The molecule has 0 aliphatic carbocycles. The Morgan fingerprint density at radius 2 is 1.84 bits per heavy atom. The fourth-order valence-corrected chi connectivity index (χ4v) is 1.30. The van der Waals surface area contributed by atoms with Crippen LogP contribution in [0.2, 0.25) is 0 Å². The third-order valence-electron chi connectivity index (χ3n) is 2.38. The number of hydrogen-bond acceptors (Lipinski definition) is 4. The van der Waals surface area contributed by atoms with E-state index in [1.165, 1.54) is 7.11 Å². The first-order valence-corrected chi connectivity index (χ1v) is 5.64. The van der Waals surface area contributed by atoms with Gasteiger partial charge >= 0.3 is 0 Å². The molecule has 1 aromatic carbocycles. The molecule has 5 nitrogen and oxygen atoms in total. The molecule has 0 aliphatic rings. The fraction of sp³-hybridized carbons (Fsp3) is 0.214. The van der Waals surface area contributed by atoms with Crippen LogP contribution in [0.5, 0.6) is 0 Å². The van der Waals surface area contributed by atoms with Crippen LogP contribution in [0.3, 0.4) is 0 Å². The van der Waals surface area contributed by atoms with Gasteiger partial charge in [-0.1, -0.05) is 29.8 Å². The number of hydrogen-bond donors (Lipinski definition) is 1. The van der Waals surface area contributed by atoms with Crippen molar-refractivity contribution >= 4 is 18.0 Å². The van der Waals surface area contributed by atoms with Crippen molar-refractivity contribution in [3.05, 3.63) is 47.5 Å². The van der Waals surface area contributed by atoms with Crippen molar-refractivity contribution in [1.29, 1.82) is 0 Å². The van der Waals surface area contributed by atoms with Crippen molar-refractivity contribution < 1.29 is 19.1 Å².